The van der Waals surface area contributed by atoms with E-state index in [2.05, 4.69) is 55.6 Å². The fourth-order valence-electron chi connectivity index (χ4n) is 9.49. The van der Waals surface area contributed by atoms with Crippen LogP contribution in [0.2, 0.25) is 0 Å². The molecule has 3 rings (SSSR count). The quantitative estimate of drug-likeness (QED) is 0.0307. The first-order valence-corrected chi connectivity index (χ1v) is 28.2. The Kier molecular flexibility index (Phi) is 35.3. The second-order valence-electron chi connectivity index (χ2n) is 20.4. The van der Waals surface area contributed by atoms with E-state index in [9.17, 15) is 61.0 Å². The molecule has 0 radical (unpaired) electrons. The van der Waals surface area contributed by atoms with E-state index in [4.69, 9.17) is 28.4 Å². The van der Waals surface area contributed by atoms with E-state index in [1.807, 2.05) is 0 Å². The molecular formula is C55H99NO18. The van der Waals surface area contributed by atoms with Crippen molar-refractivity contribution in [1.29, 1.82) is 0 Å². The first-order chi connectivity index (χ1) is 35.8. The number of aliphatic hydroxyl groups is 11. The van der Waals surface area contributed by atoms with Gasteiger partial charge in [-0.2, -0.15) is 0 Å². The molecular weight excluding hydrogens is 963 g/mol. The van der Waals surface area contributed by atoms with Crippen LogP contribution in [0.25, 0.3) is 0 Å². The molecule has 3 fully saturated rings. The number of carbonyl (C=O) groups is 1. The molecule has 3 heterocycles. The number of hydrogen-bond acceptors (Lipinski definition) is 18. The van der Waals surface area contributed by atoms with Crippen LogP contribution in [-0.2, 0) is 33.2 Å². The molecule has 0 aromatic carbocycles. The van der Waals surface area contributed by atoms with Crippen molar-refractivity contribution < 1.29 is 89.4 Å². The Morgan fingerprint density at radius 3 is 1.39 bits per heavy atom. The first-order valence-electron chi connectivity index (χ1n) is 28.2. The zero-order valence-electron chi connectivity index (χ0n) is 44.6. The number of ether oxygens (including phenoxy) is 6. The number of hydrogen-bond donors (Lipinski definition) is 12. The van der Waals surface area contributed by atoms with Crippen LogP contribution in [0.4, 0.5) is 0 Å². The summed E-state index contributed by atoms with van der Waals surface area (Å²) < 4.78 is 34.1. The highest BCUT2D eigenvalue weighted by molar-refractivity contribution is 5.76. The minimum atomic E-state index is -1.97. The zero-order chi connectivity index (χ0) is 54.1. The van der Waals surface area contributed by atoms with Gasteiger partial charge in [-0.25, -0.2) is 0 Å². The van der Waals surface area contributed by atoms with E-state index in [1.165, 1.54) is 57.8 Å². The molecule has 0 aromatic rings. The largest absolute Gasteiger partial charge is 0.394 e. The van der Waals surface area contributed by atoms with Crippen molar-refractivity contribution in [3.05, 3.63) is 36.5 Å². The second-order valence-corrected chi connectivity index (χ2v) is 20.4. The standard InChI is InChI=1S/C55H99NO18/c1-3-5-7-9-11-12-13-14-15-16-17-18-19-20-21-22-23-24-25-26-27-29-31-33-43(61)56-38(39(60)32-30-28-10-8-6-4-2)37-69-53-49(67)46(64)51(41(35-58)71-53)74-55-50(68)47(65)52(42(36-59)72-55)73-54-48(66)45(63)44(62)40(34-57)70-54/h13-14,16-17,19-20,38-42,44-55,57-60,62-68H,3-12,15,18,21-37H2,1-2H3,(H,56,61)/b14-13-,17-16-,20-19-. The average Bonchev–Trinajstić information content (AvgIpc) is 3.40. The molecule has 432 valence electrons. The highest BCUT2D eigenvalue weighted by Crippen LogP contribution is 2.33. The van der Waals surface area contributed by atoms with Gasteiger partial charge in [-0.05, 0) is 51.4 Å². The van der Waals surface area contributed by atoms with Gasteiger partial charge >= 0.3 is 0 Å². The molecule has 3 aliphatic rings. The van der Waals surface area contributed by atoms with Crippen molar-refractivity contribution in [2.75, 3.05) is 26.4 Å². The van der Waals surface area contributed by atoms with Crippen molar-refractivity contribution in [2.24, 2.45) is 0 Å². The summed E-state index contributed by atoms with van der Waals surface area (Å²) in [7, 11) is 0. The molecule has 17 atom stereocenters. The Morgan fingerprint density at radius 1 is 0.486 bits per heavy atom. The average molecular weight is 1060 g/mol. The molecule has 17 unspecified atom stereocenters. The Balaban J connectivity index is 1.43. The van der Waals surface area contributed by atoms with E-state index < -0.39 is 124 Å². The van der Waals surface area contributed by atoms with E-state index in [0.717, 1.165) is 83.5 Å². The van der Waals surface area contributed by atoms with Gasteiger partial charge in [0.2, 0.25) is 5.91 Å². The highest BCUT2D eigenvalue weighted by atomic mass is 16.8. The Morgan fingerprint density at radius 2 is 0.892 bits per heavy atom. The third kappa shape index (κ3) is 23.9. The minimum Gasteiger partial charge on any atom is -0.394 e. The lowest BCUT2D eigenvalue weighted by Crippen LogP contribution is -2.66. The maximum atomic E-state index is 13.2. The van der Waals surface area contributed by atoms with Gasteiger partial charge in [-0.3, -0.25) is 4.79 Å². The number of allylic oxidation sites excluding steroid dienone is 6. The van der Waals surface area contributed by atoms with Gasteiger partial charge in [-0.1, -0.05) is 153 Å². The topological polar surface area (TPSA) is 307 Å². The maximum Gasteiger partial charge on any atom is 0.220 e. The van der Waals surface area contributed by atoms with Crippen LogP contribution in [0.5, 0.6) is 0 Å². The number of rotatable bonds is 40. The Labute approximate surface area is 440 Å². The maximum absolute atomic E-state index is 13.2. The van der Waals surface area contributed by atoms with Crippen molar-refractivity contribution in [3.63, 3.8) is 0 Å². The van der Waals surface area contributed by atoms with E-state index in [0.29, 0.717) is 12.8 Å². The predicted molar refractivity (Wildman–Crippen MR) is 277 cm³/mol. The summed E-state index contributed by atoms with van der Waals surface area (Å²) in [5, 5.41) is 120. The summed E-state index contributed by atoms with van der Waals surface area (Å²) in [5.74, 6) is -0.258. The zero-order valence-corrected chi connectivity index (χ0v) is 44.6. The summed E-state index contributed by atoms with van der Waals surface area (Å²) in [6.07, 6.45) is 12.9. The van der Waals surface area contributed by atoms with Gasteiger partial charge in [0.05, 0.1) is 38.6 Å². The molecule has 19 heteroatoms. The third-order valence-electron chi connectivity index (χ3n) is 14.2. The van der Waals surface area contributed by atoms with Crippen LogP contribution in [-0.4, -0.2) is 193 Å². The fourth-order valence-corrected chi connectivity index (χ4v) is 9.49. The monoisotopic (exact) mass is 1060 g/mol. The number of aliphatic hydroxyl groups excluding tert-OH is 11. The van der Waals surface area contributed by atoms with Gasteiger partial charge in [0.15, 0.2) is 18.9 Å². The number of unbranched alkanes of at least 4 members (excludes halogenated alkanes) is 18. The number of nitrogens with one attached hydrogen (secondary N) is 1. The molecule has 3 saturated heterocycles. The molecule has 0 bridgehead atoms. The highest BCUT2D eigenvalue weighted by Gasteiger charge is 2.53. The smallest absolute Gasteiger partial charge is 0.220 e. The summed E-state index contributed by atoms with van der Waals surface area (Å²) in [6, 6.07) is -0.887. The van der Waals surface area contributed by atoms with E-state index in [-0.39, 0.29) is 18.9 Å². The molecule has 12 N–H and O–H groups in total. The molecule has 74 heavy (non-hydrogen) atoms. The summed E-state index contributed by atoms with van der Waals surface area (Å²) >= 11 is 0. The number of carbonyl (C=O) groups excluding carboxylic acids is 1. The minimum absolute atomic E-state index is 0.256. The van der Waals surface area contributed by atoms with Gasteiger partial charge in [0, 0.05) is 6.42 Å². The molecule has 19 nitrogen and oxygen atoms in total. The molecule has 0 saturated carbocycles. The van der Waals surface area contributed by atoms with Crippen LogP contribution in [0, 0.1) is 0 Å². The number of amides is 1. The Bertz CT molecular complexity index is 1500. The van der Waals surface area contributed by atoms with Crippen molar-refractivity contribution in [3.8, 4) is 0 Å². The normalized spacial score (nSPS) is 31.7. The summed E-state index contributed by atoms with van der Waals surface area (Å²) in [5.41, 5.74) is 0. The molecule has 0 aromatic heterocycles. The van der Waals surface area contributed by atoms with Crippen molar-refractivity contribution >= 4 is 5.91 Å². The summed E-state index contributed by atoms with van der Waals surface area (Å²) in [6.45, 7) is 1.67. The summed E-state index contributed by atoms with van der Waals surface area (Å²) in [4.78, 5) is 13.2. The van der Waals surface area contributed by atoms with Gasteiger partial charge in [0.1, 0.15) is 73.2 Å². The Hall–Kier alpha value is -1.99. The van der Waals surface area contributed by atoms with E-state index in [1.54, 1.807) is 0 Å². The van der Waals surface area contributed by atoms with Gasteiger partial charge < -0.3 is 89.9 Å². The first kappa shape index (κ1) is 66.3. The fraction of sp³-hybridized carbons (Fsp3) is 0.873. The van der Waals surface area contributed by atoms with Crippen LogP contribution in [0.15, 0.2) is 36.5 Å². The third-order valence-corrected chi connectivity index (χ3v) is 14.2. The van der Waals surface area contributed by atoms with Crippen LogP contribution >= 0.6 is 0 Å². The lowest BCUT2D eigenvalue weighted by Gasteiger charge is -2.48. The molecule has 1 amide bonds. The van der Waals surface area contributed by atoms with Gasteiger partial charge in [-0.15, -0.1) is 0 Å². The van der Waals surface area contributed by atoms with Crippen LogP contribution in [0.3, 0.4) is 0 Å². The lowest BCUT2D eigenvalue weighted by atomic mass is 9.96. The predicted octanol–water partition coefficient (Wildman–Crippen LogP) is 3.76. The van der Waals surface area contributed by atoms with Crippen LogP contribution in [0.1, 0.15) is 174 Å². The van der Waals surface area contributed by atoms with Crippen LogP contribution < -0.4 is 5.32 Å². The van der Waals surface area contributed by atoms with Crippen molar-refractivity contribution in [2.45, 2.75) is 279 Å². The van der Waals surface area contributed by atoms with Crippen molar-refractivity contribution in [1.82, 2.24) is 5.32 Å². The molecule has 0 spiro atoms. The lowest BCUT2D eigenvalue weighted by molar-refractivity contribution is -0.379. The molecule has 0 aliphatic carbocycles. The molecule has 3 aliphatic heterocycles. The van der Waals surface area contributed by atoms with E-state index >= 15 is 0 Å². The second kappa shape index (κ2) is 39.4. The SMILES string of the molecule is CCCCCCC/C=C\C/C=C\C/C=C\CCCCCCCCCCC(=O)NC(COC1OC(CO)C(OC2OC(CO)C(OC3OC(CO)C(O)C(O)C3O)C(O)C2O)C(O)C1O)C(O)CCCCCCCC. The van der Waals surface area contributed by atoms with Gasteiger partial charge in [0.25, 0.3) is 0 Å².